The average molecular weight is 795 g/mol. The van der Waals surface area contributed by atoms with E-state index in [1.807, 2.05) is 77.9 Å². The number of aromatic nitrogens is 2. The molecule has 0 atom stereocenters. The Bertz CT molecular complexity index is 2390. The zero-order valence-corrected chi connectivity index (χ0v) is 29.4. The summed E-state index contributed by atoms with van der Waals surface area (Å²) in [4.78, 5) is 8.73. The summed E-state index contributed by atoms with van der Waals surface area (Å²) in [6.07, 6.45) is 0.990. The number of nitrogens with zero attached hydrogens (tertiary/aromatic N) is 2. The van der Waals surface area contributed by atoms with E-state index in [-0.39, 0.29) is 31.2 Å². The molecule has 6 aromatic rings. The summed E-state index contributed by atoms with van der Waals surface area (Å²) < 4.78 is 87.4. The van der Waals surface area contributed by atoms with Crippen LogP contribution in [0, 0.1) is 36.7 Å². The number of aryl methyl sites for hydroxylation is 4. The molecule has 0 bridgehead atoms. The van der Waals surface area contributed by atoms with Crippen LogP contribution in [-0.4, -0.2) is 9.97 Å². The second-order valence-corrected chi connectivity index (χ2v) is 13.5. The molecule has 0 saturated heterocycles. The van der Waals surface area contributed by atoms with E-state index in [2.05, 4.69) is 28.2 Å². The minimum atomic E-state index is -2.58. The van der Waals surface area contributed by atoms with Crippen molar-refractivity contribution in [1.82, 2.24) is 9.97 Å². The average Bonchev–Trinajstić information content (AvgIpc) is 3.50. The van der Waals surface area contributed by atoms with Crippen molar-refractivity contribution in [3.8, 4) is 22.5 Å². The van der Waals surface area contributed by atoms with Gasteiger partial charge in [0, 0.05) is 51.6 Å². The minimum Gasteiger partial charge on any atom is -0.501 e. The standard InChI is InChI=1S/C21H16NO.C21H28N.Ir/c1-12-10-17(22-11-13(12)2)16-9-8-15-7-6-14-4-3-5-18-19(14)20(15)21(16)23-18;1-20(2,3)13-17-12-19(16-10-8-7-9-11-16)22-15-18(17)14-21(4,5)6;/h3-5,8,10-11H,6-7H2,1-2H3;7-10,12,15H,13-14H2,1-6H3;/q2*-1;/i1D3,2D3;13D2,14D2;. The number of hydrogen-bond acceptors (Lipinski definition) is 3. The molecule has 0 aliphatic heterocycles. The predicted molar refractivity (Wildman–Crippen MR) is 187 cm³/mol. The SMILES string of the molecule is [2H]C([2H])([2H])c1cnc(-c2[c-]cc3c4c2oc2cccc(c24)CC3)cc1C([2H])([2H])[2H].[2H]C([2H])(c1cnc(-c2[c-]cccc2)cc1C([2H])([2H])C(C)(C)C)C(C)(C)C.[Ir]. The number of pyridine rings is 2. The molecular formula is C42H44IrN2O-2. The Hall–Kier alpha value is -3.59. The van der Waals surface area contributed by atoms with Crippen LogP contribution in [0.3, 0.4) is 0 Å². The van der Waals surface area contributed by atoms with E-state index < -0.39 is 37.3 Å². The van der Waals surface area contributed by atoms with Crippen LogP contribution in [0.2, 0.25) is 0 Å². The molecule has 7 rings (SSSR count). The normalized spacial score (nSPS) is 17.0. The summed E-state index contributed by atoms with van der Waals surface area (Å²) in [6.45, 7) is 5.82. The quantitative estimate of drug-likeness (QED) is 0.167. The molecule has 0 saturated carbocycles. The Balaban J connectivity index is 0.000000212. The molecule has 0 amide bonds. The van der Waals surface area contributed by atoms with Gasteiger partial charge in [0.1, 0.15) is 5.58 Å². The van der Waals surface area contributed by atoms with E-state index >= 15 is 0 Å². The third kappa shape index (κ3) is 7.35. The maximum Gasteiger partial charge on any atom is 0.121 e. The van der Waals surface area contributed by atoms with Gasteiger partial charge in [-0.3, -0.25) is 0 Å². The summed E-state index contributed by atoms with van der Waals surface area (Å²) in [7, 11) is 0. The van der Waals surface area contributed by atoms with Crippen LogP contribution in [0.5, 0.6) is 0 Å². The van der Waals surface area contributed by atoms with Crippen molar-refractivity contribution in [3.05, 3.63) is 119 Å². The number of hydrogen-bond donors (Lipinski definition) is 0. The molecule has 3 heterocycles. The summed E-state index contributed by atoms with van der Waals surface area (Å²) >= 11 is 0. The number of rotatable bonds is 4. The van der Waals surface area contributed by atoms with E-state index in [0.29, 0.717) is 33.7 Å². The Kier molecular flexibility index (Phi) is 6.59. The fourth-order valence-electron chi connectivity index (χ4n) is 5.62. The van der Waals surface area contributed by atoms with E-state index in [9.17, 15) is 0 Å². The Morgan fingerprint density at radius 2 is 1.52 bits per heavy atom. The van der Waals surface area contributed by atoms with Crippen LogP contribution in [0.4, 0.5) is 0 Å². The molecule has 46 heavy (non-hydrogen) atoms. The van der Waals surface area contributed by atoms with Crippen molar-refractivity contribution in [2.45, 2.75) is 80.8 Å². The van der Waals surface area contributed by atoms with Gasteiger partial charge in [-0.25, -0.2) is 0 Å². The zero-order chi connectivity index (χ0) is 40.5. The van der Waals surface area contributed by atoms with Crippen molar-refractivity contribution in [2.24, 2.45) is 10.8 Å². The van der Waals surface area contributed by atoms with Gasteiger partial charge in [0.15, 0.2) is 0 Å². The maximum atomic E-state index is 8.77. The van der Waals surface area contributed by atoms with Crippen LogP contribution in [0.1, 0.15) is 88.6 Å². The fourth-order valence-corrected chi connectivity index (χ4v) is 5.62. The monoisotopic (exact) mass is 795 g/mol. The van der Waals surface area contributed by atoms with Gasteiger partial charge in [-0.2, -0.15) is 0 Å². The first-order chi connectivity index (χ1) is 25.3. The van der Waals surface area contributed by atoms with Crippen molar-refractivity contribution in [1.29, 1.82) is 0 Å². The molecule has 3 nitrogen and oxygen atoms in total. The van der Waals surface area contributed by atoms with Crippen LogP contribution in [0.15, 0.2) is 77.5 Å². The van der Waals surface area contributed by atoms with Gasteiger partial charge in [-0.1, -0.05) is 88.7 Å². The molecule has 0 fully saturated rings. The third-order valence-corrected chi connectivity index (χ3v) is 7.47. The molecule has 0 spiro atoms. The zero-order valence-electron chi connectivity index (χ0n) is 37.0. The summed E-state index contributed by atoms with van der Waals surface area (Å²) in [5.74, 6) is 0. The van der Waals surface area contributed by atoms with Crippen molar-refractivity contribution < 1.29 is 38.2 Å². The van der Waals surface area contributed by atoms with Crippen LogP contribution in [-0.2, 0) is 45.7 Å². The van der Waals surface area contributed by atoms with Gasteiger partial charge < -0.3 is 14.4 Å². The topological polar surface area (TPSA) is 38.9 Å². The first-order valence-electron chi connectivity index (χ1n) is 20.2. The minimum absolute atomic E-state index is 0. The van der Waals surface area contributed by atoms with Crippen molar-refractivity contribution >= 4 is 21.9 Å². The molecule has 0 N–H and O–H groups in total. The molecule has 1 radical (unpaired) electrons. The van der Waals surface area contributed by atoms with Crippen molar-refractivity contribution in [2.75, 3.05) is 0 Å². The van der Waals surface area contributed by atoms with E-state index in [4.69, 9.17) is 18.1 Å². The Labute approximate surface area is 302 Å². The van der Waals surface area contributed by atoms with Gasteiger partial charge >= 0.3 is 0 Å². The second kappa shape index (κ2) is 13.3. The molecule has 4 heteroatoms. The van der Waals surface area contributed by atoms with E-state index in [1.165, 1.54) is 17.8 Å². The summed E-state index contributed by atoms with van der Waals surface area (Å²) in [5, 5.41) is 2.09. The molecular weight excluding hydrogens is 741 g/mol. The Morgan fingerprint density at radius 3 is 2.24 bits per heavy atom. The smallest absolute Gasteiger partial charge is 0.121 e. The van der Waals surface area contributed by atoms with Crippen LogP contribution < -0.4 is 0 Å². The molecule has 3 aromatic heterocycles. The van der Waals surface area contributed by atoms with Crippen LogP contribution in [0.25, 0.3) is 44.5 Å². The van der Waals surface area contributed by atoms with E-state index in [0.717, 1.165) is 46.5 Å². The van der Waals surface area contributed by atoms with Gasteiger partial charge in [0.05, 0.1) is 5.58 Å². The maximum absolute atomic E-state index is 8.77. The van der Waals surface area contributed by atoms with Gasteiger partial charge in [0.2, 0.25) is 0 Å². The summed E-state index contributed by atoms with van der Waals surface area (Å²) in [5.41, 5.74) is 4.75. The molecule has 1 aliphatic rings. The van der Waals surface area contributed by atoms with Gasteiger partial charge in [-0.05, 0) is 83.4 Å². The van der Waals surface area contributed by atoms with Crippen LogP contribution >= 0.6 is 0 Å². The first-order valence-corrected chi connectivity index (χ1v) is 15.2. The molecule has 0 unspecified atom stereocenters. The molecule has 239 valence electrons. The van der Waals surface area contributed by atoms with Gasteiger partial charge in [-0.15, -0.1) is 53.6 Å². The number of furan rings is 1. The Morgan fingerprint density at radius 1 is 0.783 bits per heavy atom. The first kappa shape index (κ1) is 22.9. The fraction of sp³-hybridized carbons (Fsp3) is 0.333. The largest absolute Gasteiger partial charge is 0.501 e. The second-order valence-electron chi connectivity index (χ2n) is 13.5. The van der Waals surface area contributed by atoms with Gasteiger partial charge in [0.25, 0.3) is 0 Å². The summed E-state index contributed by atoms with van der Waals surface area (Å²) in [6, 6.07) is 24.6. The third-order valence-electron chi connectivity index (χ3n) is 7.47. The predicted octanol–water partition coefficient (Wildman–Crippen LogP) is 10.9. The van der Waals surface area contributed by atoms with E-state index in [1.54, 1.807) is 12.1 Å². The van der Waals surface area contributed by atoms with Crippen molar-refractivity contribution in [3.63, 3.8) is 0 Å². The number of benzene rings is 3. The molecule has 1 aliphatic carbocycles. The molecule has 3 aromatic carbocycles.